The van der Waals surface area contributed by atoms with Crippen molar-refractivity contribution in [3.8, 4) is 5.75 Å². The minimum atomic E-state index is -0.321. The molecule has 5 nitrogen and oxygen atoms in total. The van der Waals surface area contributed by atoms with Gasteiger partial charge in [-0.2, -0.15) is 0 Å². The summed E-state index contributed by atoms with van der Waals surface area (Å²) in [5, 5.41) is 9.39. The van der Waals surface area contributed by atoms with Crippen LogP contribution < -0.4 is 10.6 Å². The first-order chi connectivity index (χ1) is 8.59. The van der Waals surface area contributed by atoms with Crippen molar-refractivity contribution in [2.75, 3.05) is 17.7 Å². The molecule has 1 amide bonds. The van der Waals surface area contributed by atoms with E-state index >= 15 is 0 Å². The first-order valence-corrected chi connectivity index (χ1v) is 5.37. The number of carbonyl (C=O) groups excluding carboxylic acids is 1. The fourth-order valence-electron chi connectivity index (χ4n) is 1.57. The van der Waals surface area contributed by atoms with Crippen molar-refractivity contribution in [3.05, 3.63) is 48.3 Å². The van der Waals surface area contributed by atoms with E-state index in [1.54, 1.807) is 31.3 Å². The van der Waals surface area contributed by atoms with Crippen LogP contribution in [-0.4, -0.2) is 23.0 Å². The Bertz CT molecular complexity index is 584. The summed E-state index contributed by atoms with van der Waals surface area (Å²) in [5.74, 6) is -0.222. The molecule has 3 N–H and O–H groups in total. The van der Waals surface area contributed by atoms with E-state index in [1.807, 2.05) is 0 Å². The Hall–Kier alpha value is -2.56. The predicted octanol–water partition coefficient (Wildman–Crippen LogP) is 1.65. The van der Waals surface area contributed by atoms with E-state index < -0.39 is 0 Å². The van der Waals surface area contributed by atoms with E-state index in [1.165, 1.54) is 23.2 Å². The Morgan fingerprint density at radius 1 is 1.33 bits per heavy atom. The summed E-state index contributed by atoms with van der Waals surface area (Å²) in [6.45, 7) is 0. The van der Waals surface area contributed by atoms with Crippen LogP contribution in [0.1, 0.15) is 10.5 Å². The average Bonchev–Trinajstić information content (AvgIpc) is 2.37. The molecular weight excluding hydrogens is 230 g/mol. The van der Waals surface area contributed by atoms with Crippen molar-refractivity contribution in [2.45, 2.75) is 0 Å². The van der Waals surface area contributed by atoms with Gasteiger partial charge < -0.3 is 15.7 Å². The second kappa shape index (κ2) is 4.75. The predicted molar refractivity (Wildman–Crippen MR) is 69.5 cm³/mol. The SMILES string of the molecule is CN(C(=O)c1ncccc1N)c1cccc(O)c1. The number of carbonyl (C=O) groups is 1. The van der Waals surface area contributed by atoms with Crippen LogP contribution in [0.3, 0.4) is 0 Å². The van der Waals surface area contributed by atoms with E-state index in [2.05, 4.69) is 4.98 Å². The zero-order valence-corrected chi connectivity index (χ0v) is 9.87. The van der Waals surface area contributed by atoms with Crippen LogP contribution in [0, 0.1) is 0 Å². The Kier molecular flexibility index (Phi) is 3.14. The van der Waals surface area contributed by atoms with Crippen LogP contribution in [0.5, 0.6) is 5.75 Å². The monoisotopic (exact) mass is 243 g/mol. The zero-order valence-electron chi connectivity index (χ0n) is 9.87. The maximum absolute atomic E-state index is 12.2. The molecule has 18 heavy (non-hydrogen) atoms. The molecule has 0 aliphatic carbocycles. The van der Waals surface area contributed by atoms with Crippen LogP contribution in [0.4, 0.5) is 11.4 Å². The highest BCUT2D eigenvalue weighted by Crippen LogP contribution is 2.21. The summed E-state index contributed by atoms with van der Waals surface area (Å²) < 4.78 is 0. The molecule has 0 aliphatic rings. The lowest BCUT2D eigenvalue weighted by Crippen LogP contribution is -2.27. The topological polar surface area (TPSA) is 79.5 Å². The Morgan fingerprint density at radius 3 is 2.78 bits per heavy atom. The number of nitrogen functional groups attached to an aromatic ring is 1. The Labute approximate surface area is 104 Å². The van der Waals surface area contributed by atoms with Gasteiger partial charge in [-0.15, -0.1) is 0 Å². The number of aromatic nitrogens is 1. The van der Waals surface area contributed by atoms with Crippen molar-refractivity contribution in [3.63, 3.8) is 0 Å². The maximum Gasteiger partial charge on any atom is 0.278 e. The molecule has 2 rings (SSSR count). The number of aromatic hydroxyl groups is 1. The molecule has 0 saturated carbocycles. The number of amides is 1. The molecule has 0 aliphatic heterocycles. The molecular formula is C13H13N3O2. The molecule has 1 aromatic heterocycles. The van der Waals surface area contributed by atoms with E-state index in [0.717, 1.165) is 0 Å². The van der Waals surface area contributed by atoms with E-state index in [4.69, 9.17) is 5.73 Å². The molecule has 92 valence electrons. The molecule has 0 spiro atoms. The zero-order chi connectivity index (χ0) is 13.1. The van der Waals surface area contributed by atoms with E-state index in [0.29, 0.717) is 11.4 Å². The number of anilines is 2. The minimum Gasteiger partial charge on any atom is -0.508 e. The number of hydrogen-bond acceptors (Lipinski definition) is 4. The van der Waals surface area contributed by atoms with Gasteiger partial charge in [-0.05, 0) is 24.3 Å². The molecule has 1 heterocycles. The van der Waals surface area contributed by atoms with Gasteiger partial charge in [-0.3, -0.25) is 4.79 Å². The quantitative estimate of drug-likeness (QED) is 0.840. The van der Waals surface area contributed by atoms with Gasteiger partial charge in [0, 0.05) is 25.0 Å². The van der Waals surface area contributed by atoms with Gasteiger partial charge in [0.1, 0.15) is 5.75 Å². The van der Waals surface area contributed by atoms with Gasteiger partial charge in [0.2, 0.25) is 0 Å². The number of rotatable bonds is 2. The lowest BCUT2D eigenvalue weighted by molar-refractivity contribution is 0.0989. The number of nitrogens with two attached hydrogens (primary N) is 1. The second-order valence-corrected chi connectivity index (χ2v) is 3.83. The Morgan fingerprint density at radius 2 is 2.11 bits per heavy atom. The average molecular weight is 243 g/mol. The molecule has 0 bridgehead atoms. The smallest absolute Gasteiger partial charge is 0.278 e. The highest BCUT2D eigenvalue weighted by Gasteiger charge is 2.17. The number of hydrogen-bond donors (Lipinski definition) is 2. The number of phenols is 1. The van der Waals surface area contributed by atoms with Crippen LogP contribution in [-0.2, 0) is 0 Å². The maximum atomic E-state index is 12.2. The van der Waals surface area contributed by atoms with Gasteiger partial charge in [-0.1, -0.05) is 6.07 Å². The van der Waals surface area contributed by atoms with Gasteiger partial charge in [0.25, 0.3) is 5.91 Å². The fraction of sp³-hybridized carbons (Fsp3) is 0.0769. The lowest BCUT2D eigenvalue weighted by Gasteiger charge is -2.17. The standard InChI is InChI=1S/C13H13N3O2/c1-16(9-4-2-5-10(17)8-9)13(18)12-11(14)6-3-7-15-12/h2-8,17H,14H2,1H3. The molecule has 0 saturated heterocycles. The van der Waals surface area contributed by atoms with Gasteiger partial charge in [0.15, 0.2) is 5.69 Å². The lowest BCUT2D eigenvalue weighted by atomic mass is 10.2. The number of benzene rings is 1. The molecule has 2 aromatic rings. The molecule has 0 radical (unpaired) electrons. The van der Waals surface area contributed by atoms with Crippen LogP contribution in [0.15, 0.2) is 42.6 Å². The van der Waals surface area contributed by atoms with Crippen molar-refractivity contribution in [1.29, 1.82) is 0 Å². The van der Waals surface area contributed by atoms with E-state index in [-0.39, 0.29) is 17.4 Å². The fourth-order valence-corrected chi connectivity index (χ4v) is 1.57. The third-order valence-electron chi connectivity index (χ3n) is 2.56. The first kappa shape index (κ1) is 11.9. The highest BCUT2D eigenvalue weighted by atomic mass is 16.3. The second-order valence-electron chi connectivity index (χ2n) is 3.83. The summed E-state index contributed by atoms with van der Waals surface area (Å²) in [5.41, 5.74) is 6.81. The van der Waals surface area contributed by atoms with Crippen molar-refractivity contribution in [2.24, 2.45) is 0 Å². The van der Waals surface area contributed by atoms with E-state index in [9.17, 15) is 9.90 Å². The number of pyridine rings is 1. The third-order valence-corrected chi connectivity index (χ3v) is 2.56. The summed E-state index contributed by atoms with van der Waals surface area (Å²) in [6, 6.07) is 9.71. The van der Waals surface area contributed by atoms with Gasteiger partial charge in [0.05, 0.1) is 5.69 Å². The number of nitrogens with zero attached hydrogens (tertiary/aromatic N) is 2. The normalized spacial score (nSPS) is 10.1. The largest absolute Gasteiger partial charge is 0.508 e. The van der Waals surface area contributed by atoms with Crippen LogP contribution in [0.2, 0.25) is 0 Å². The summed E-state index contributed by atoms with van der Waals surface area (Å²) in [6.07, 6.45) is 1.51. The first-order valence-electron chi connectivity index (χ1n) is 5.37. The molecule has 0 fully saturated rings. The third kappa shape index (κ3) is 2.24. The minimum absolute atomic E-state index is 0.0983. The van der Waals surface area contributed by atoms with Gasteiger partial charge in [-0.25, -0.2) is 4.98 Å². The molecule has 0 unspecified atom stereocenters. The van der Waals surface area contributed by atoms with Crippen molar-refractivity contribution < 1.29 is 9.90 Å². The van der Waals surface area contributed by atoms with Crippen LogP contribution in [0.25, 0.3) is 0 Å². The van der Waals surface area contributed by atoms with Crippen molar-refractivity contribution in [1.82, 2.24) is 4.98 Å². The van der Waals surface area contributed by atoms with Crippen LogP contribution >= 0.6 is 0 Å². The highest BCUT2D eigenvalue weighted by molar-refractivity contribution is 6.07. The summed E-state index contributed by atoms with van der Waals surface area (Å²) >= 11 is 0. The molecule has 5 heteroatoms. The summed E-state index contributed by atoms with van der Waals surface area (Å²) in [4.78, 5) is 17.5. The van der Waals surface area contributed by atoms with Gasteiger partial charge >= 0.3 is 0 Å². The van der Waals surface area contributed by atoms with Crippen molar-refractivity contribution >= 4 is 17.3 Å². The molecule has 0 atom stereocenters. The number of phenolic OH excluding ortho intramolecular Hbond substituents is 1. The molecule has 1 aromatic carbocycles. The summed E-state index contributed by atoms with van der Waals surface area (Å²) in [7, 11) is 1.60. The Balaban J connectivity index is 2.32.